The van der Waals surface area contributed by atoms with Crippen LogP contribution in [0.5, 0.6) is 0 Å². The van der Waals surface area contributed by atoms with E-state index in [1.807, 2.05) is 11.4 Å². The maximum Gasteiger partial charge on any atom is 0.253 e. The molecular formula is C20H31N5OS. The number of aromatic nitrogens is 4. The normalized spacial score (nSPS) is 20.1. The standard InChI is InChI=1S/C20H31N5OS/c1-5-6-10-16-14(3)21-19-23-20(24-25(19)15(16)4)27-12-18(26)22-17-11-8-7-9-13(17)2/h13,17H,5-12H2,1-4H3,(H,22,26)/t13-,17-/m1/s1. The number of rotatable bonds is 7. The van der Waals surface area contributed by atoms with Gasteiger partial charge in [-0.15, -0.1) is 5.10 Å². The second-order valence-electron chi connectivity index (χ2n) is 7.70. The van der Waals surface area contributed by atoms with Crippen LogP contribution in [0.25, 0.3) is 5.78 Å². The summed E-state index contributed by atoms with van der Waals surface area (Å²) in [7, 11) is 0. The average Bonchev–Trinajstić information content (AvgIpc) is 3.05. The number of amides is 1. The molecule has 2 aromatic rings. The fraction of sp³-hybridized carbons (Fsp3) is 0.700. The smallest absolute Gasteiger partial charge is 0.253 e. The van der Waals surface area contributed by atoms with Crippen molar-refractivity contribution in [3.63, 3.8) is 0 Å². The molecule has 0 radical (unpaired) electrons. The summed E-state index contributed by atoms with van der Waals surface area (Å²) in [5, 5.41) is 8.38. The highest BCUT2D eigenvalue weighted by Crippen LogP contribution is 2.24. The van der Waals surface area contributed by atoms with E-state index in [9.17, 15) is 4.79 Å². The lowest BCUT2D eigenvalue weighted by molar-refractivity contribution is -0.119. The number of hydrogen-bond donors (Lipinski definition) is 1. The number of unbranched alkanes of at least 4 members (excludes halogenated alkanes) is 1. The van der Waals surface area contributed by atoms with Gasteiger partial charge in [0.25, 0.3) is 5.78 Å². The number of carbonyl (C=O) groups excluding carboxylic acids is 1. The highest BCUT2D eigenvalue weighted by Gasteiger charge is 2.23. The second kappa shape index (κ2) is 9.04. The molecule has 0 unspecified atom stereocenters. The van der Waals surface area contributed by atoms with Crippen molar-refractivity contribution in [1.29, 1.82) is 0 Å². The predicted molar refractivity (Wildman–Crippen MR) is 109 cm³/mol. The van der Waals surface area contributed by atoms with Crippen LogP contribution in [0.3, 0.4) is 0 Å². The third-order valence-electron chi connectivity index (χ3n) is 5.60. The van der Waals surface area contributed by atoms with Crippen LogP contribution < -0.4 is 5.32 Å². The average molecular weight is 390 g/mol. The molecule has 0 aromatic carbocycles. The number of fused-ring (bicyclic) bond motifs is 1. The van der Waals surface area contributed by atoms with Crippen molar-refractivity contribution < 1.29 is 4.79 Å². The van der Waals surface area contributed by atoms with Gasteiger partial charge in [-0.25, -0.2) is 9.50 Å². The van der Waals surface area contributed by atoms with Crippen molar-refractivity contribution in [3.05, 3.63) is 17.0 Å². The van der Waals surface area contributed by atoms with Gasteiger partial charge in [0.1, 0.15) is 0 Å². The molecule has 0 spiro atoms. The molecule has 2 atom stereocenters. The third-order valence-corrected chi connectivity index (χ3v) is 6.44. The molecule has 1 amide bonds. The zero-order chi connectivity index (χ0) is 19.4. The van der Waals surface area contributed by atoms with Gasteiger partial charge < -0.3 is 5.32 Å². The molecule has 1 saturated carbocycles. The molecule has 6 nitrogen and oxygen atoms in total. The topological polar surface area (TPSA) is 72.2 Å². The number of aryl methyl sites for hydroxylation is 2. The van der Waals surface area contributed by atoms with Gasteiger partial charge in [-0.3, -0.25) is 4.79 Å². The summed E-state index contributed by atoms with van der Waals surface area (Å²) >= 11 is 1.39. The SMILES string of the molecule is CCCCc1c(C)nc2nc(SCC(=O)N[C@@H]3CCCC[C@H]3C)nn2c1C. The first-order valence-electron chi connectivity index (χ1n) is 10.1. The first kappa shape index (κ1) is 20.1. The van der Waals surface area contributed by atoms with Crippen LogP contribution in [0.4, 0.5) is 0 Å². The van der Waals surface area contributed by atoms with Crippen molar-refractivity contribution >= 4 is 23.4 Å². The fourth-order valence-electron chi connectivity index (χ4n) is 3.88. The monoisotopic (exact) mass is 389 g/mol. The molecule has 1 fully saturated rings. The van der Waals surface area contributed by atoms with Crippen molar-refractivity contribution in [2.45, 2.75) is 83.8 Å². The Morgan fingerprint density at radius 1 is 1.26 bits per heavy atom. The van der Waals surface area contributed by atoms with E-state index in [1.165, 1.54) is 36.6 Å². The number of nitrogens with one attached hydrogen (secondary N) is 1. The van der Waals surface area contributed by atoms with Crippen LogP contribution in [0, 0.1) is 19.8 Å². The third kappa shape index (κ3) is 4.81. The lowest BCUT2D eigenvalue weighted by Gasteiger charge is -2.29. The van der Waals surface area contributed by atoms with Crippen molar-refractivity contribution in [2.24, 2.45) is 5.92 Å². The van der Waals surface area contributed by atoms with Crippen LogP contribution in [0.1, 0.15) is 69.3 Å². The van der Waals surface area contributed by atoms with Crippen LogP contribution >= 0.6 is 11.8 Å². The molecule has 1 N–H and O–H groups in total. The summed E-state index contributed by atoms with van der Waals surface area (Å²) in [6.45, 7) is 8.54. The van der Waals surface area contributed by atoms with E-state index in [0.29, 0.717) is 28.6 Å². The maximum absolute atomic E-state index is 12.3. The number of nitrogens with zero attached hydrogens (tertiary/aromatic N) is 4. The zero-order valence-electron chi connectivity index (χ0n) is 16.9. The highest BCUT2D eigenvalue weighted by atomic mass is 32.2. The summed E-state index contributed by atoms with van der Waals surface area (Å²) in [6.07, 6.45) is 8.10. The minimum Gasteiger partial charge on any atom is -0.352 e. The Morgan fingerprint density at radius 3 is 2.78 bits per heavy atom. The van der Waals surface area contributed by atoms with Gasteiger partial charge in [-0.1, -0.05) is 44.9 Å². The molecule has 1 aliphatic carbocycles. The molecule has 0 saturated heterocycles. The zero-order valence-corrected chi connectivity index (χ0v) is 17.7. The molecule has 148 valence electrons. The molecule has 2 aromatic heterocycles. The number of thioether (sulfide) groups is 1. The Hall–Kier alpha value is -1.63. The van der Waals surface area contributed by atoms with Gasteiger partial charge in [0.05, 0.1) is 5.75 Å². The van der Waals surface area contributed by atoms with E-state index in [4.69, 9.17) is 0 Å². The van der Waals surface area contributed by atoms with Crippen LogP contribution in [0.2, 0.25) is 0 Å². The Bertz CT molecular complexity index is 803. The van der Waals surface area contributed by atoms with E-state index in [0.717, 1.165) is 37.1 Å². The van der Waals surface area contributed by atoms with Crippen molar-refractivity contribution in [3.8, 4) is 0 Å². The Labute approximate surface area is 165 Å². The first-order valence-corrected chi connectivity index (χ1v) is 11.1. The molecular weight excluding hydrogens is 358 g/mol. The summed E-state index contributed by atoms with van der Waals surface area (Å²) in [5.41, 5.74) is 3.39. The fourth-order valence-corrected chi connectivity index (χ4v) is 4.50. The minimum absolute atomic E-state index is 0.0714. The lowest BCUT2D eigenvalue weighted by atomic mass is 9.86. The Kier molecular flexibility index (Phi) is 6.73. The molecule has 7 heteroatoms. The molecule has 1 aliphatic rings. The molecule has 27 heavy (non-hydrogen) atoms. The van der Waals surface area contributed by atoms with E-state index < -0.39 is 0 Å². The van der Waals surface area contributed by atoms with E-state index >= 15 is 0 Å². The van der Waals surface area contributed by atoms with Gasteiger partial charge in [-0.2, -0.15) is 4.98 Å². The lowest BCUT2D eigenvalue weighted by Crippen LogP contribution is -2.41. The Morgan fingerprint density at radius 2 is 2.04 bits per heavy atom. The van der Waals surface area contributed by atoms with Gasteiger partial charge in [0, 0.05) is 17.4 Å². The number of carbonyl (C=O) groups is 1. The largest absolute Gasteiger partial charge is 0.352 e. The second-order valence-corrected chi connectivity index (χ2v) is 8.64. The predicted octanol–water partition coefficient (Wildman–Crippen LogP) is 3.87. The number of hydrogen-bond acceptors (Lipinski definition) is 5. The quantitative estimate of drug-likeness (QED) is 0.728. The van der Waals surface area contributed by atoms with Crippen LogP contribution in [-0.4, -0.2) is 37.3 Å². The van der Waals surface area contributed by atoms with E-state index in [1.54, 1.807) is 0 Å². The van der Waals surface area contributed by atoms with Crippen LogP contribution in [-0.2, 0) is 11.2 Å². The van der Waals surface area contributed by atoms with Crippen molar-refractivity contribution in [1.82, 2.24) is 24.9 Å². The van der Waals surface area contributed by atoms with E-state index in [2.05, 4.69) is 41.2 Å². The molecule has 0 aliphatic heterocycles. The molecule has 2 heterocycles. The van der Waals surface area contributed by atoms with E-state index in [-0.39, 0.29) is 5.91 Å². The summed E-state index contributed by atoms with van der Waals surface area (Å²) in [4.78, 5) is 21.5. The molecule has 3 rings (SSSR count). The van der Waals surface area contributed by atoms with Crippen molar-refractivity contribution in [2.75, 3.05) is 5.75 Å². The summed E-state index contributed by atoms with van der Waals surface area (Å²) in [5.74, 6) is 1.61. The highest BCUT2D eigenvalue weighted by molar-refractivity contribution is 7.99. The maximum atomic E-state index is 12.3. The summed E-state index contributed by atoms with van der Waals surface area (Å²) < 4.78 is 1.82. The Balaban J connectivity index is 1.65. The molecule has 0 bridgehead atoms. The van der Waals surface area contributed by atoms with Gasteiger partial charge in [-0.05, 0) is 51.0 Å². The summed E-state index contributed by atoms with van der Waals surface area (Å²) in [6, 6.07) is 0.313. The van der Waals surface area contributed by atoms with Gasteiger partial charge >= 0.3 is 0 Å². The van der Waals surface area contributed by atoms with Gasteiger partial charge in [0.2, 0.25) is 11.1 Å². The van der Waals surface area contributed by atoms with Crippen LogP contribution in [0.15, 0.2) is 5.16 Å². The van der Waals surface area contributed by atoms with Gasteiger partial charge in [0.15, 0.2) is 0 Å². The first-order chi connectivity index (χ1) is 13.0. The minimum atomic E-state index is 0.0714.